The zero-order chi connectivity index (χ0) is 9.14. The minimum absolute atomic E-state index is 0.721. The Kier molecular flexibility index (Phi) is 3.49. The van der Waals surface area contributed by atoms with Gasteiger partial charge in [-0.25, -0.2) is 0 Å². The lowest BCUT2D eigenvalue weighted by atomic mass is 10.1. The molecule has 0 saturated carbocycles. The largest absolute Gasteiger partial charge is 0.390 e. The average molecular weight is 278 g/mol. The Hall–Kier alpha value is -0.130. The molecule has 0 aliphatic heterocycles. The van der Waals surface area contributed by atoms with Crippen LogP contribution in [0.1, 0.15) is 18.6 Å². The van der Waals surface area contributed by atoms with Gasteiger partial charge in [0.15, 0.2) is 0 Å². The molecule has 1 aromatic carbocycles. The summed E-state index contributed by atoms with van der Waals surface area (Å²) < 4.78 is 0.975. The molecule has 3 heteroatoms. The number of halogens is 1. The van der Waals surface area contributed by atoms with E-state index in [0.717, 1.165) is 9.13 Å². The van der Waals surface area contributed by atoms with Gasteiger partial charge < -0.3 is 10.2 Å². The summed E-state index contributed by atoms with van der Waals surface area (Å²) in [5.74, 6) is 0. The van der Waals surface area contributed by atoms with E-state index in [-0.39, 0.29) is 0 Å². The number of hydrogen-bond donors (Lipinski definition) is 2. The lowest BCUT2D eigenvalue weighted by Crippen LogP contribution is -2.14. The van der Waals surface area contributed by atoms with E-state index >= 15 is 0 Å². The highest BCUT2D eigenvalue weighted by atomic mass is 127. The molecular formula is C9H11IO2. The topological polar surface area (TPSA) is 40.5 Å². The zero-order valence-electron chi connectivity index (χ0n) is 6.74. The summed E-state index contributed by atoms with van der Waals surface area (Å²) in [6.45, 7) is 1.58. The van der Waals surface area contributed by atoms with Crippen molar-refractivity contribution in [2.75, 3.05) is 0 Å². The molecule has 66 valence electrons. The minimum atomic E-state index is -0.780. The lowest BCUT2D eigenvalue weighted by molar-refractivity contribution is 0.0300. The Morgan fingerprint density at radius 3 is 2.33 bits per heavy atom. The molecule has 0 saturated heterocycles. The predicted octanol–water partition coefficient (Wildman–Crippen LogP) is 1.71. The third-order valence-electron chi connectivity index (χ3n) is 1.68. The van der Waals surface area contributed by atoms with Crippen LogP contribution in [0, 0.1) is 3.57 Å². The molecule has 0 aromatic heterocycles. The van der Waals surface area contributed by atoms with Crippen molar-refractivity contribution in [2.45, 2.75) is 19.1 Å². The molecule has 2 nitrogen and oxygen atoms in total. The van der Waals surface area contributed by atoms with Crippen LogP contribution in [-0.4, -0.2) is 16.3 Å². The molecule has 2 N–H and O–H groups in total. The Bertz CT molecular complexity index is 260. The van der Waals surface area contributed by atoms with E-state index in [0.29, 0.717) is 0 Å². The van der Waals surface area contributed by atoms with Crippen molar-refractivity contribution >= 4 is 22.6 Å². The van der Waals surface area contributed by atoms with Crippen LogP contribution in [0.25, 0.3) is 0 Å². The van der Waals surface area contributed by atoms with Crippen LogP contribution in [0.15, 0.2) is 24.3 Å². The van der Waals surface area contributed by atoms with Crippen LogP contribution in [-0.2, 0) is 0 Å². The first-order chi connectivity index (χ1) is 5.63. The number of aliphatic hydroxyl groups is 2. The molecule has 2 atom stereocenters. The van der Waals surface area contributed by atoms with E-state index in [1.54, 1.807) is 6.92 Å². The lowest BCUT2D eigenvalue weighted by Gasteiger charge is -2.14. The van der Waals surface area contributed by atoms with Crippen molar-refractivity contribution in [2.24, 2.45) is 0 Å². The summed E-state index contributed by atoms with van der Waals surface area (Å²) in [7, 11) is 0. The third kappa shape index (κ3) is 2.18. The van der Waals surface area contributed by atoms with Crippen LogP contribution >= 0.6 is 22.6 Å². The second kappa shape index (κ2) is 4.20. The van der Waals surface area contributed by atoms with Gasteiger partial charge in [0.05, 0.1) is 6.10 Å². The first kappa shape index (κ1) is 9.95. The maximum Gasteiger partial charge on any atom is 0.106 e. The molecule has 0 aliphatic carbocycles. The van der Waals surface area contributed by atoms with E-state index in [9.17, 15) is 5.11 Å². The maximum absolute atomic E-state index is 9.52. The summed E-state index contributed by atoms with van der Waals surface area (Å²) in [6, 6.07) is 7.48. The van der Waals surface area contributed by atoms with Crippen LogP contribution in [0.5, 0.6) is 0 Å². The number of hydrogen-bond acceptors (Lipinski definition) is 2. The van der Waals surface area contributed by atoms with E-state index in [2.05, 4.69) is 22.6 Å². The fourth-order valence-electron chi connectivity index (χ4n) is 0.975. The number of benzene rings is 1. The molecule has 0 fully saturated rings. The molecular weight excluding hydrogens is 267 g/mol. The summed E-state index contributed by atoms with van der Waals surface area (Å²) in [5.41, 5.74) is 0.785. The number of aliphatic hydroxyl groups excluding tert-OH is 2. The highest BCUT2D eigenvalue weighted by Crippen LogP contribution is 2.21. The van der Waals surface area contributed by atoms with Crippen molar-refractivity contribution in [3.63, 3.8) is 0 Å². The van der Waals surface area contributed by atoms with Gasteiger partial charge in [0, 0.05) is 3.57 Å². The normalized spacial score (nSPS) is 15.7. The van der Waals surface area contributed by atoms with Gasteiger partial charge in [0.1, 0.15) is 6.10 Å². The highest BCUT2D eigenvalue weighted by molar-refractivity contribution is 14.1. The first-order valence-corrected chi connectivity index (χ1v) is 4.81. The van der Waals surface area contributed by atoms with Crippen LogP contribution in [0.4, 0.5) is 0 Å². The Labute approximate surface area is 85.4 Å². The molecule has 1 aromatic rings. The monoisotopic (exact) mass is 278 g/mol. The van der Waals surface area contributed by atoms with Crippen molar-refractivity contribution in [3.05, 3.63) is 33.4 Å². The van der Waals surface area contributed by atoms with Crippen molar-refractivity contribution in [3.8, 4) is 0 Å². The molecule has 0 spiro atoms. The molecule has 0 bridgehead atoms. The second-order valence-corrected chi connectivity index (χ2v) is 3.87. The molecule has 0 heterocycles. The fraction of sp³-hybridized carbons (Fsp3) is 0.333. The van der Waals surface area contributed by atoms with Crippen molar-refractivity contribution in [1.29, 1.82) is 0 Å². The van der Waals surface area contributed by atoms with Gasteiger partial charge in [0.25, 0.3) is 0 Å². The molecule has 0 unspecified atom stereocenters. The highest BCUT2D eigenvalue weighted by Gasteiger charge is 2.15. The molecule has 0 aliphatic rings. The third-order valence-corrected chi connectivity index (χ3v) is 2.66. The van der Waals surface area contributed by atoms with E-state index in [1.165, 1.54) is 0 Å². The van der Waals surface area contributed by atoms with Gasteiger partial charge in [-0.3, -0.25) is 0 Å². The van der Waals surface area contributed by atoms with Crippen molar-refractivity contribution in [1.82, 2.24) is 0 Å². The smallest absolute Gasteiger partial charge is 0.106 e. The van der Waals surface area contributed by atoms with E-state index in [4.69, 9.17) is 5.11 Å². The fourth-order valence-corrected chi connectivity index (χ4v) is 1.68. The molecule has 0 amide bonds. The first-order valence-electron chi connectivity index (χ1n) is 3.73. The average Bonchev–Trinajstić information content (AvgIpc) is 2.04. The van der Waals surface area contributed by atoms with Gasteiger partial charge in [-0.2, -0.15) is 0 Å². The van der Waals surface area contributed by atoms with Gasteiger partial charge in [-0.1, -0.05) is 18.2 Å². The van der Waals surface area contributed by atoms with Gasteiger partial charge >= 0.3 is 0 Å². The molecule has 0 radical (unpaired) electrons. The van der Waals surface area contributed by atoms with Crippen LogP contribution in [0.2, 0.25) is 0 Å². The summed E-state index contributed by atoms with van der Waals surface area (Å²) in [6.07, 6.45) is -1.50. The Balaban J connectivity index is 2.94. The molecule has 12 heavy (non-hydrogen) atoms. The van der Waals surface area contributed by atoms with Crippen LogP contribution in [0.3, 0.4) is 0 Å². The number of rotatable bonds is 2. The minimum Gasteiger partial charge on any atom is -0.390 e. The molecule has 1 rings (SSSR count). The standard InChI is InChI=1S/C9H11IO2/c1-6(11)9(12)7-4-2-3-5-8(7)10/h2-6,9,11-12H,1H3/t6-,9+/m0/s1. The second-order valence-electron chi connectivity index (χ2n) is 2.71. The van der Waals surface area contributed by atoms with Gasteiger partial charge in [-0.05, 0) is 41.1 Å². The van der Waals surface area contributed by atoms with Gasteiger partial charge in [-0.15, -0.1) is 0 Å². The quantitative estimate of drug-likeness (QED) is 0.808. The summed E-state index contributed by atoms with van der Waals surface area (Å²) in [4.78, 5) is 0. The SMILES string of the molecule is C[C@H](O)[C@@H](O)c1ccccc1I. The van der Waals surface area contributed by atoms with E-state index < -0.39 is 12.2 Å². The Morgan fingerprint density at radius 2 is 1.83 bits per heavy atom. The van der Waals surface area contributed by atoms with Crippen LogP contribution < -0.4 is 0 Å². The summed E-state index contributed by atoms with van der Waals surface area (Å²) >= 11 is 2.14. The maximum atomic E-state index is 9.52. The van der Waals surface area contributed by atoms with E-state index in [1.807, 2.05) is 24.3 Å². The van der Waals surface area contributed by atoms with Crippen molar-refractivity contribution < 1.29 is 10.2 Å². The Morgan fingerprint density at radius 1 is 1.25 bits per heavy atom. The van der Waals surface area contributed by atoms with Gasteiger partial charge in [0.2, 0.25) is 0 Å². The summed E-state index contributed by atoms with van der Waals surface area (Å²) in [5, 5.41) is 18.7. The predicted molar refractivity (Wildman–Crippen MR) is 55.8 cm³/mol. The zero-order valence-corrected chi connectivity index (χ0v) is 8.89.